The summed E-state index contributed by atoms with van der Waals surface area (Å²) in [6.07, 6.45) is 4.77. The fourth-order valence-electron chi connectivity index (χ4n) is 9.09. The Morgan fingerprint density at radius 3 is 2.50 bits per heavy atom. The molecule has 3 aliphatic heterocycles. The molecule has 4 heterocycles. The van der Waals surface area contributed by atoms with Gasteiger partial charge in [0, 0.05) is 69.8 Å². The van der Waals surface area contributed by atoms with E-state index < -0.39 is 11.6 Å². The number of benzene rings is 2. The number of amides is 5. The van der Waals surface area contributed by atoms with Gasteiger partial charge in [0.1, 0.15) is 11.6 Å². The molecule has 3 saturated heterocycles. The Bertz CT molecular complexity index is 2150. The summed E-state index contributed by atoms with van der Waals surface area (Å²) in [5.41, 5.74) is 1.42. The van der Waals surface area contributed by atoms with Crippen LogP contribution in [0.3, 0.4) is 0 Å². The Morgan fingerprint density at radius 1 is 1.10 bits per heavy atom. The summed E-state index contributed by atoms with van der Waals surface area (Å²) < 4.78 is 8.03. The van der Waals surface area contributed by atoms with E-state index in [-0.39, 0.29) is 66.5 Å². The number of fused-ring (bicyclic) bond motifs is 1. The van der Waals surface area contributed by atoms with Crippen molar-refractivity contribution < 1.29 is 23.9 Å². The Kier molecular flexibility index (Phi) is 12.1. The number of carbonyl (C=O) groups excluding carboxylic acids is 4. The number of anilines is 3. The predicted molar refractivity (Wildman–Crippen MR) is 226 cm³/mol. The average Bonchev–Trinajstić information content (AvgIpc) is 3.60. The van der Waals surface area contributed by atoms with Crippen LogP contribution in [0.5, 0.6) is 0 Å². The lowest BCUT2D eigenvalue weighted by Gasteiger charge is -2.44. The van der Waals surface area contributed by atoms with Crippen molar-refractivity contribution in [1.29, 1.82) is 5.26 Å². The van der Waals surface area contributed by atoms with Crippen molar-refractivity contribution in [3.63, 3.8) is 0 Å². The quantitative estimate of drug-likeness (QED) is 0.198. The summed E-state index contributed by atoms with van der Waals surface area (Å²) in [6.45, 7) is 11.9. The smallest absolute Gasteiger partial charge is 0.329 e. The van der Waals surface area contributed by atoms with Crippen molar-refractivity contribution in [2.45, 2.75) is 96.0 Å². The summed E-state index contributed by atoms with van der Waals surface area (Å²) >= 11 is 12.2. The topological polar surface area (TPSA) is 159 Å². The van der Waals surface area contributed by atoms with E-state index in [0.717, 1.165) is 51.7 Å². The molecule has 1 saturated carbocycles. The number of rotatable bonds is 11. The highest BCUT2D eigenvalue weighted by Crippen LogP contribution is 2.39. The number of piperazine rings is 1. The first-order chi connectivity index (χ1) is 27.7. The summed E-state index contributed by atoms with van der Waals surface area (Å²) in [5, 5.41) is 20.8. The Balaban J connectivity index is 0.853. The standard InChI is InChI=1S/C41H51ClN10O5S/c1-25-22-48(23-26(2)50(25)24-35(54)44-33-9-6-8-31-36(33)47(5)46-37(31)49-18-16-34(53)45-39(49)56)17-7-19-57-30-14-12-28(13-15-30)52-40(58)51(38(55)41(52,3)4)29-11-10-27(21-43)32(42)20-29/h6,8-11,20,25-26,28,30H,7,12-19,22-24H2,1-5H3,(H,44,54)(H,45,53,56)/t25-,26+,28?,30?. The summed E-state index contributed by atoms with van der Waals surface area (Å²) in [6, 6.07) is 12.5. The second-order valence-corrected chi connectivity index (χ2v) is 17.1. The van der Waals surface area contributed by atoms with Gasteiger partial charge in [0.25, 0.3) is 5.91 Å². The molecule has 58 heavy (non-hydrogen) atoms. The zero-order valence-corrected chi connectivity index (χ0v) is 35.2. The van der Waals surface area contributed by atoms with Crippen LogP contribution in [0.15, 0.2) is 36.4 Å². The molecule has 15 nitrogen and oxygen atoms in total. The van der Waals surface area contributed by atoms with E-state index >= 15 is 0 Å². The highest BCUT2D eigenvalue weighted by Gasteiger charge is 2.52. The lowest BCUT2D eigenvalue weighted by atomic mass is 9.89. The van der Waals surface area contributed by atoms with Gasteiger partial charge in [-0.25, -0.2) is 4.79 Å². The molecule has 1 aliphatic carbocycles. The van der Waals surface area contributed by atoms with Gasteiger partial charge in [-0.2, -0.15) is 10.4 Å². The van der Waals surface area contributed by atoms with E-state index in [1.807, 2.05) is 32.0 Å². The summed E-state index contributed by atoms with van der Waals surface area (Å²) in [4.78, 5) is 61.1. The Hall–Kier alpha value is -4.66. The number of aryl methyl sites for hydroxylation is 1. The molecule has 17 heteroatoms. The van der Waals surface area contributed by atoms with Crippen LogP contribution < -0.4 is 20.4 Å². The molecule has 3 aromatic rings. The number of hydrogen-bond donors (Lipinski definition) is 2. The highest BCUT2D eigenvalue weighted by atomic mass is 35.5. The molecule has 4 fully saturated rings. The first kappa shape index (κ1) is 41.5. The number of halogens is 1. The maximum absolute atomic E-state index is 13.6. The van der Waals surface area contributed by atoms with Gasteiger partial charge in [0.15, 0.2) is 10.9 Å². The number of hydrogen-bond acceptors (Lipinski definition) is 10. The third kappa shape index (κ3) is 8.15. The van der Waals surface area contributed by atoms with E-state index in [2.05, 4.69) is 50.3 Å². The SMILES string of the molecule is C[C@@H]1CN(CCCOC2CCC(N3C(=S)N(c4ccc(C#N)c(Cl)c4)C(=O)C3(C)C)CC2)C[C@H](C)N1CC(=O)Nc1cccc2c(N3CCC(=O)NC3=O)nn(C)c12. The molecule has 2 atom stereocenters. The molecular weight excluding hydrogens is 780 g/mol. The zero-order valence-electron chi connectivity index (χ0n) is 33.7. The number of nitriles is 1. The van der Waals surface area contributed by atoms with Crippen molar-refractivity contribution >= 4 is 80.8 Å². The number of thiocarbonyl (C=S) groups is 1. The van der Waals surface area contributed by atoms with Crippen LogP contribution >= 0.6 is 23.8 Å². The van der Waals surface area contributed by atoms with Crippen molar-refractivity contribution in [2.24, 2.45) is 7.05 Å². The summed E-state index contributed by atoms with van der Waals surface area (Å²) in [5.74, 6) is -0.0937. The molecule has 1 aromatic heterocycles. The highest BCUT2D eigenvalue weighted by molar-refractivity contribution is 7.80. The van der Waals surface area contributed by atoms with Gasteiger partial charge in [-0.1, -0.05) is 17.7 Å². The molecule has 5 amide bonds. The van der Waals surface area contributed by atoms with Crippen LogP contribution in [0.4, 0.5) is 22.0 Å². The third-order valence-corrected chi connectivity index (χ3v) is 12.7. The number of nitrogens with zero attached hydrogens (tertiary/aromatic N) is 8. The fraction of sp³-hybridized carbons (Fsp3) is 0.537. The van der Waals surface area contributed by atoms with Crippen LogP contribution in [-0.2, 0) is 26.2 Å². The number of para-hydroxylation sites is 1. The number of imide groups is 1. The minimum atomic E-state index is -0.809. The number of carbonyl (C=O) groups is 4. The summed E-state index contributed by atoms with van der Waals surface area (Å²) in [7, 11) is 1.77. The number of aromatic nitrogens is 2. The molecule has 0 unspecified atom stereocenters. The maximum Gasteiger partial charge on any atom is 0.329 e. The van der Waals surface area contributed by atoms with Crippen LogP contribution in [0.1, 0.15) is 71.8 Å². The lowest BCUT2D eigenvalue weighted by molar-refractivity contribution is -0.124. The normalized spacial score (nSPS) is 24.4. The number of urea groups is 1. The molecule has 0 spiro atoms. The van der Waals surface area contributed by atoms with E-state index in [9.17, 15) is 24.4 Å². The number of ether oxygens (including phenoxy) is 1. The molecule has 0 bridgehead atoms. The molecule has 7 rings (SSSR count). The van der Waals surface area contributed by atoms with Crippen LogP contribution in [-0.4, -0.2) is 122 Å². The minimum Gasteiger partial charge on any atom is -0.378 e. The van der Waals surface area contributed by atoms with Gasteiger partial charge in [0.2, 0.25) is 11.8 Å². The van der Waals surface area contributed by atoms with Crippen molar-refractivity contribution in [3.8, 4) is 6.07 Å². The van der Waals surface area contributed by atoms with Gasteiger partial charge in [-0.15, -0.1) is 0 Å². The first-order valence-corrected chi connectivity index (χ1v) is 20.8. The van der Waals surface area contributed by atoms with Crippen LogP contribution in [0.2, 0.25) is 5.02 Å². The van der Waals surface area contributed by atoms with E-state index in [4.69, 9.17) is 28.6 Å². The van der Waals surface area contributed by atoms with Gasteiger partial charge in [-0.05, 0) is 102 Å². The van der Waals surface area contributed by atoms with E-state index in [1.165, 1.54) is 4.90 Å². The molecule has 2 aromatic carbocycles. The molecule has 2 N–H and O–H groups in total. The minimum absolute atomic E-state index is 0.106. The largest absolute Gasteiger partial charge is 0.378 e. The molecule has 308 valence electrons. The number of nitrogens with one attached hydrogen (secondary N) is 2. The molecule has 0 radical (unpaired) electrons. The fourth-order valence-corrected chi connectivity index (χ4v) is 9.88. The Labute approximate surface area is 349 Å². The second-order valence-electron chi connectivity index (χ2n) is 16.4. The van der Waals surface area contributed by atoms with E-state index in [0.29, 0.717) is 45.4 Å². The van der Waals surface area contributed by atoms with Gasteiger partial charge in [-0.3, -0.25) is 39.1 Å². The predicted octanol–water partition coefficient (Wildman–Crippen LogP) is 5.01. The maximum atomic E-state index is 13.6. The first-order valence-electron chi connectivity index (χ1n) is 20.0. The molecular formula is C41H51ClN10O5S. The lowest BCUT2D eigenvalue weighted by Crippen LogP contribution is -2.58. The van der Waals surface area contributed by atoms with Gasteiger partial charge in [0.05, 0.1) is 40.1 Å². The van der Waals surface area contributed by atoms with Gasteiger partial charge >= 0.3 is 6.03 Å². The Morgan fingerprint density at radius 2 is 1.83 bits per heavy atom. The third-order valence-electron chi connectivity index (χ3n) is 12.0. The molecule has 4 aliphatic rings. The van der Waals surface area contributed by atoms with Crippen LogP contribution in [0.25, 0.3) is 10.9 Å². The van der Waals surface area contributed by atoms with Crippen molar-refractivity contribution in [1.82, 2.24) is 29.8 Å². The average molecular weight is 831 g/mol. The van der Waals surface area contributed by atoms with Crippen molar-refractivity contribution in [3.05, 3.63) is 47.0 Å². The monoisotopic (exact) mass is 830 g/mol. The van der Waals surface area contributed by atoms with Gasteiger partial charge < -0.3 is 19.9 Å². The van der Waals surface area contributed by atoms with E-state index in [1.54, 1.807) is 34.8 Å². The second kappa shape index (κ2) is 16.9. The zero-order chi connectivity index (χ0) is 41.5. The van der Waals surface area contributed by atoms with Crippen LogP contribution in [0, 0.1) is 11.3 Å². The van der Waals surface area contributed by atoms with Crippen molar-refractivity contribution in [2.75, 3.05) is 54.4 Å².